The molecule has 0 spiro atoms. The highest BCUT2D eigenvalue weighted by Gasteiger charge is 2.23. The van der Waals surface area contributed by atoms with Crippen LogP contribution < -0.4 is 0 Å². The van der Waals surface area contributed by atoms with E-state index in [2.05, 4.69) is 20.9 Å². The average molecular weight is 300 g/mol. The van der Waals surface area contributed by atoms with Gasteiger partial charge in [-0.3, -0.25) is 9.78 Å². The Morgan fingerprint density at radius 3 is 2.71 bits per heavy atom. The Morgan fingerprint density at radius 2 is 2.12 bits per heavy atom. The number of furan rings is 1. The summed E-state index contributed by atoms with van der Waals surface area (Å²) in [5, 5.41) is 17.7. The van der Waals surface area contributed by atoms with Crippen molar-refractivity contribution in [3.63, 3.8) is 0 Å². The highest BCUT2D eigenvalue weighted by molar-refractivity contribution is 9.10. The first-order valence-corrected chi connectivity index (χ1v) is 5.30. The van der Waals surface area contributed by atoms with Crippen molar-refractivity contribution in [2.45, 2.75) is 6.42 Å². The lowest BCUT2D eigenvalue weighted by molar-refractivity contribution is -0.136. The number of aromatic carboxylic acids is 1. The van der Waals surface area contributed by atoms with E-state index >= 15 is 0 Å². The van der Waals surface area contributed by atoms with Crippen LogP contribution in [0.15, 0.2) is 21.2 Å². The second kappa shape index (κ2) is 4.17. The highest BCUT2D eigenvalue weighted by atomic mass is 79.9. The number of nitrogens with zero attached hydrogens (tertiary/aromatic N) is 1. The maximum absolute atomic E-state index is 11.1. The fourth-order valence-corrected chi connectivity index (χ4v) is 1.79. The molecule has 2 N–H and O–H groups in total. The van der Waals surface area contributed by atoms with Crippen molar-refractivity contribution in [3.8, 4) is 0 Å². The molecule has 0 unspecified atom stereocenters. The molecule has 0 radical (unpaired) electrons. The molecule has 6 nitrogen and oxygen atoms in total. The molecule has 0 aliphatic carbocycles. The smallest absolute Gasteiger partial charge is 0.341 e. The van der Waals surface area contributed by atoms with E-state index in [1.807, 2.05) is 0 Å². The van der Waals surface area contributed by atoms with Gasteiger partial charge in [0.15, 0.2) is 5.58 Å². The average Bonchev–Trinajstić information content (AvgIpc) is 2.53. The van der Waals surface area contributed by atoms with Crippen LogP contribution in [-0.4, -0.2) is 27.1 Å². The topological polar surface area (TPSA) is 101 Å². The lowest BCUT2D eigenvalue weighted by Gasteiger charge is -1.93. The number of carboxylic acid groups (broad SMARTS) is 2. The molecule has 0 saturated heterocycles. The third kappa shape index (κ3) is 2.14. The normalized spacial score (nSPS) is 10.6. The number of rotatable bonds is 3. The summed E-state index contributed by atoms with van der Waals surface area (Å²) >= 11 is 3.17. The molecule has 0 saturated carbocycles. The first-order chi connectivity index (χ1) is 7.99. The summed E-state index contributed by atoms with van der Waals surface area (Å²) in [7, 11) is 0. The Kier molecular flexibility index (Phi) is 2.84. The lowest BCUT2D eigenvalue weighted by atomic mass is 10.2. The van der Waals surface area contributed by atoms with Gasteiger partial charge in [-0.2, -0.15) is 0 Å². The minimum absolute atomic E-state index is 0.106. The number of pyridine rings is 1. The molecule has 0 bridgehead atoms. The first kappa shape index (κ1) is 11.6. The summed E-state index contributed by atoms with van der Waals surface area (Å²) in [6, 6.07) is 1.54. The molecule has 0 aliphatic heterocycles. The van der Waals surface area contributed by atoms with Gasteiger partial charge in [-0.1, -0.05) is 0 Å². The molecular weight excluding hydrogens is 294 g/mol. The Balaban J connectivity index is 2.70. The van der Waals surface area contributed by atoms with Gasteiger partial charge in [0, 0.05) is 10.7 Å². The zero-order valence-electron chi connectivity index (χ0n) is 8.31. The predicted molar refractivity (Wildman–Crippen MR) is 60.0 cm³/mol. The fourth-order valence-electron chi connectivity index (χ4n) is 1.48. The van der Waals surface area contributed by atoms with Crippen molar-refractivity contribution in [3.05, 3.63) is 28.1 Å². The second-order valence-corrected chi connectivity index (χ2v) is 4.19. The molecule has 0 aliphatic rings. The third-order valence-electron chi connectivity index (χ3n) is 2.09. The van der Waals surface area contributed by atoms with Crippen molar-refractivity contribution in [1.29, 1.82) is 0 Å². The zero-order chi connectivity index (χ0) is 12.6. The predicted octanol–water partition coefficient (Wildman–Crippen LogP) is 1.92. The van der Waals surface area contributed by atoms with Crippen molar-refractivity contribution in [2.24, 2.45) is 0 Å². The maximum atomic E-state index is 11.1. The van der Waals surface area contributed by atoms with Crippen LogP contribution in [0, 0.1) is 0 Å². The molecule has 2 rings (SSSR count). The second-order valence-electron chi connectivity index (χ2n) is 3.28. The minimum atomic E-state index is -1.25. The van der Waals surface area contributed by atoms with Gasteiger partial charge < -0.3 is 14.6 Å². The molecule has 2 heterocycles. The SMILES string of the molecule is O=C(O)Cc1oc2cc(Br)cnc2c1C(=O)O. The fraction of sp³-hybridized carbons (Fsp3) is 0.100. The van der Waals surface area contributed by atoms with Gasteiger partial charge in [-0.15, -0.1) is 0 Å². The van der Waals surface area contributed by atoms with Crippen LogP contribution in [0.1, 0.15) is 16.1 Å². The van der Waals surface area contributed by atoms with Gasteiger partial charge in [0.25, 0.3) is 0 Å². The summed E-state index contributed by atoms with van der Waals surface area (Å²) in [5.41, 5.74) is 0.194. The monoisotopic (exact) mass is 299 g/mol. The van der Waals surface area contributed by atoms with Gasteiger partial charge in [0.05, 0.1) is 0 Å². The zero-order valence-corrected chi connectivity index (χ0v) is 9.89. The number of halogens is 1. The van der Waals surface area contributed by atoms with E-state index in [4.69, 9.17) is 14.6 Å². The van der Waals surface area contributed by atoms with Crippen LogP contribution in [0.4, 0.5) is 0 Å². The van der Waals surface area contributed by atoms with Crippen LogP contribution >= 0.6 is 15.9 Å². The summed E-state index contributed by atoms with van der Waals surface area (Å²) < 4.78 is 5.82. The number of fused-ring (bicyclic) bond motifs is 1. The van der Waals surface area contributed by atoms with Gasteiger partial charge >= 0.3 is 11.9 Å². The van der Waals surface area contributed by atoms with Gasteiger partial charge in [-0.25, -0.2) is 4.79 Å². The van der Waals surface area contributed by atoms with Crippen LogP contribution in [0.2, 0.25) is 0 Å². The number of carboxylic acids is 2. The summed E-state index contributed by atoms with van der Waals surface area (Å²) in [6.45, 7) is 0. The molecule has 0 atom stereocenters. The number of hydrogen-bond donors (Lipinski definition) is 2. The summed E-state index contributed by atoms with van der Waals surface area (Å²) in [6.07, 6.45) is 0.935. The number of hydrogen-bond acceptors (Lipinski definition) is 4. The van der Waals surface area contributed by atoms with Gasteiger partial charge in [-0.05, 0) is 22.0 Å². The van der Waals surface area contributed by atoms with Crippen LogP contribution in [0.5, 0.6) is 0 Å². The Labute approximate surface area is 103 Å². The lowest BCUT2D eigenvalue weighted by Crippen LogP contribution is -2.05. The van der Waals surface area contributed by atoms with Crippen LogP contribution in [0.3, 0.4) is 0 Å². The van der Waals surface area contributed by atoms with Crippen LogP contribution in [0.25, 0.3) is 11.1 Å². The van der Waals surface area contributed by atoms with Crippen LogP contribution in [-0.2, 0) is 11.2 Å². The minimum Gasteiger partial charge on any atom is -0.481 e. The van der Waals surface area contributed by atoms with E-state index in [1.54, 1.807) is 6.07 Å². The quantitative estimate of drug-likeness (QED) is 0.898. The molecule has 0 amide bonds. The Bertz CT molecular complexity index is 618. The van der Waals surface area contributed by atoms with E-state index < -0.39 is 18.4 Å². The Morgan fingerprint density at radius 1 is 1.41 bits per heavy atom. The third-order valence-corrected chi connectivity index (χ3v) is 2.53. The first-order valence-electron chi connectivity index (χ1n) is 4.51. The molecule has 7 heteroatoms. The maximum Gasteiger partial charge on any atom is 0.341 e. The molecule has 2 aromatic rings. The molecule has 0 fully saturated rings. The number of aliphatic carboxylic acids is 1. The number of carbonyl (C=O) groups is 2. The molecule has 17 heavy (non-hydrogen) atoms. The van der Waals surface area contributed by atoms with E-state index in [9.17, 15) is 9.59 Å². The van der Waals surface area contributed by atoms with E-state index in [0.29, 0.717) is 4.47 Å². The molecule has 2 aromatic heterocycles. The number of aromatic nitrogens is 1. The molecular formula is C10H6BrNO5. The van der Waals surface area contributed by atoms with Crippen molar-refractivity contribution in [1.82, 2.24) is 4.98 Å². The molecule has 88 valence electrons. The van der Waals surface area contributed by atoms with Crippen molar-refractivity contribution in [2.75, 3.05) is 0 Å². The highest BCUT2D eigenvalue weighted by Crippen LogP contribution is 2.26. The van der Waals surface area contributed by atoms with E-state index in [0.717, 1.165) is 0 Å². The van der Waals surface area contributed by atoms with E-state index in [1.165, 1.54) is 6.20 Å². The van der Waals surface area contributed by atoms with E-state index in [-0.39, 0.29) is 22.4 Å². The van der Waals surface area contributed by atoms with Gasteiger partial charge in [0.2, 0.25) is 0 Å². The summed E-state index contributed by atoms with van der Waals surface area (Å²) in [5.74, 6) is -2.52. The van der Waals surface area contributed by atoms with Gasteiger partial charge in [0.1, 0.15) is 23.3 Å². The standard InChI is InChI=1S/C10H6BrNO5/c11-4-1-6-9(12-3-4)8(10(15)16)5(17-6)2-7(13)14/h1,3H,2H2,(H,13,14)(H,15,16). The Hall–Kier alpha value is -1.89. The summed E-state index contributed by atoms with van der Waals surface area (Å²) in [4.78, 5) is 25.6. The largest absolute Gasteiger partial charge is 0.481 e. The van der Waals surface area contributed by atoms with Crippen molar-refractivity contribution < 1.29 is 24.2 Å². The van der Waals surface area contributed by atoms with Crippen molar-refractivity contribution >= 4 is 39.0 Å². The molecule has 0 aromatic carbocycles.